The molecule has 7 nitrogen and oxygen atoms in total. The molecule has 10 heteroatoms. The Morgan fingerprint density at radius 3 is 2.56 bits per heavy atom. The molecule has 0 unspecified atom stereocenters. The van der Waals surface area contributed by atoms with Crippen LogP contribution in [0.4, 0.5) is 13.2 Å². The van der Waals surface area contributed by atoms with E-state index in [0.29, 0.717) is 30.1 Å². The molecule has 3 rings (SSSR count). The largest absolute Gasteiger partial charge is 0.468 e. The van der Waals surface area contributed by atoms with Crippen LogP contribution in [-0.4, -0.2) is 53.5 Å². The molecule has 0 radical (unpaired) electrons. The second-order valence-corrected chi connectivity index (χ2v) is 7.55. The maximum absolute atomic E-state index is 12.7. The van der Waals surface area contributed by atoms with E-state index in [2.05, 4.69) is 10.4 Å². The van der Waals surface area contributed by atoms with Gasteiger partial charge in [-0.2, -0.15) is 18.4 Å². The van der Waals surface area contributed by atoms with Crippen LogP contribution in [0.15, 0.2) is 36.5 Å². The van der Waals surface area contributed by atoms with Crippen molar-refractivity contribution < 1.29 is 27.8 Å². The average Bonchev–Trinajstić information content (AvgIpc) is 2.78. The summed E-state index contributed by atoms with van der Waals surface area (Å²) in [6, 6.07) is 9.56. The van der Waals surface area contributed by atoms with E-state index in [4.69, 9.17) is 15.1 Å². The Labute approximate surface area is 183 Å². The Kier molecular flexibility index (Phi) is 7.66. The molecule has 1 aromatic heterocycles. The van der Waals surface area contributed by atoms with Crippen molar-refractivity contribution in [2.45, 2.75) is 25.4 Å². The van der Waals surface area contributed by atoms with Crippen molar-refractivity contribution in [3.63, 3.8) is 0 Å². The maximum atomic E-state index is 12.7. The number of rotatable bonds is 7. The van der Waals surface area contributed by atoms with Crippen molar-refractivity contribution >= 4 is 5.91 Å². The monoisotopic (exact) mass is 448 g/mol. The number of aliphatic hydroxyl groups is 1. The van der Waals surface area contributed by atoms with E-state index in [-0.39, 0.29) is 23.6 Å². The van der Waals surface area contributed by atoms with Crippen molar-refractivity contribution in [1.82, 2.24) is 15.4 Å². The van der Waals surface area contributed by atoms with Crippen molar-refractivity contribution in [2.24, 2.45) is 5.92 Å². The molecule has 1 aliphatic rings. The Morgan fingerprint density at radius 2 is 1.97 bits per heavy atom. The van der Waals surface area contributed by atoms with Crippen LogP contribution in [0, 0.1) is 17.2 Å². The van der Waals surface area contributed by atoms with Gasteiger partial charge in [-0.3, -0.25) is 10.2 Å². The third kappa shape index (κ3) is 6.42. The number of alkyl halides is 3. The minimum absolute atomic E-state index is 0.142. The Balaban J connectivity index is 1.79. The maximum Gasteiger partial charge on any atom is 0.422 e. The number of aromatic nitrogens is 1. The Morgan fingerprint density at radius 1 is 1.28 bits per heavy atom. The van der Waals surface area contributed by atoms with E-state index in [1.807, 2.05) is 6.07 Å². The first-order chi connectivity index (χ1) is 15.3. The first-order valence-corrected chi connectivity index (χ1v) is 10.2. The minimum Gasteiger partial charge on any atom is -0.468 e. The van der Waals surface area contributed by atoms with Gasteiger partial charge in [0.05, 0.1) is 17.2 Å². The van der Waals surface area contributed by atoms with Gasteiger partial charge >= 0.3 is 6.18 Å². The second-order valence-electron chi connectivity index (χ2n) is 7.55. The van der Waals surface area contributed by atoms with E-state index in [0.717, 1.165) is 19.3 Å². The molecule has 1 aromatic carbocycles. The van der Waals surface area contributed by atoms with Crippen LogP contribution in [0.2, 0.25) is 0 Å². The van der Waals surface area contributed by atoms with Crippen LogP contribution in [0.1, 0.15) is 35.2 Å². The van der Waals surface area contributed by atoms with Gasteiger partial charge in [-0.05, 0) is 48.9 Å². The van der Waals surface area contributed by atoms with Crippen molar-refractivity contribution in [2.75, 3.05) is 26.3 Å². The van der Waals surface area contributed by atoms with Gasteiger partial charge in [-0.25, -0.2) is 9.99 Å². The first-order valence-electron chi connectivity index (χ1n) is 10.2. The summed E-state index contributed by atoms with van der Waals surface area (Å²) >= 11 is 0. The number of ether oxygens (including phenoxy) is 1. The molecule has 2 N–H and O–H groups in total. The van der Waals surface area contributed by atoms with Crippen LogP contribution in [0.5, 0.6) is 5.88 Å². The lowest BCUT2D eigenvalue weighted by molar-refractivity contribution is -0.154. The number of hydrogen-bond acceptors (Lipinski definition) is 6. The zero-order valence-corrected chi connectivity index (χ0v) is 17.2. The number of benzene rings is 1. The first kappa shape index (κ1) is 23.5. The number of nitrogens with one attached hydrogen (secondary N) is 1. The fraction of sp³-hybridized carbons (Fsp3) is 0.409. The quantitative estimate of drug-likeness (QED) is 0.675. The van der Waals surface area contributed by atoms with Crippen LogP contribution < -0.4 is 10.2 Å². The molecule has 1 fully saturated rings. The highest BCUT2D eigenvalue weighted by atomic mass is 19.4. The summed E-state index contributed by atoms with van der Waals surface area (Å²) in [4.78, 5) is 16.7. The molecule has 1 aliphatic heterocycles. The topological polar surface area (TPSA) is 98.5 Å². The fourth-order valence-corrected chi connectivity index (χ4v) is 3.50. The third-order valence-corrected chi connectivity index (χ3v) is 5.22. The molecule has 0 atom stereocenters. The normalized spacial score (nSPS) is 15.2. The summed E-state index contributed by atoms with van der Waals surface area (Å²) in [7, 11) is 0. The highest BCUT2D eigenvalue weighted by Crippen LogP contribution is 2.31. The lowest BCUT2D eigenvalue weighted by Crippen LogP contribution is -2.46. The summed E-state index contributed by atoms with van der Waals surface area (Å²) in [5.41, 5.74) is 4.03. The van der Waals surface area contributed by atoms with E-state index < -0.39 is 18.7 Å². The lowest BCUT2D eigenvalue weighted by atomic mass is 9.95. The van der Waals surface area contributed by atoms with Gasteiger partial charge in [0.2, 0.25) is 5.88 Å². The number of amides is 1. The Hall–Kier alpha value is -3.16. The zero-order chi connectivity index (χ0) is 23.1. The van der Waals surface area contributed by atoms with Crippen molar-refractivity contribution in [1.29, 1.82) is 5.26 Å². The van der Waals surface area contributed by atoms with Crippen LogP contribution in [0.3, 0.4) is 0 Å². The molecule has 0 spiro atoms. The summed E-state index contributed by atoms with van der Waals surface area (Å²) in [6.07, 6.45) is -0.937. The number of hydrogen-bond donors (Lipinski definition) is 2. The van der Waals surface area contributed by atoms with Gasteiger partial charge in [-0.15, -0.1) is 0 Å². The average molecular weight is 448 g/mol. The summed E-state index contributed by atoms with van der Waals surface area (Å²) in [5.74, 6) is -0.272. The zero-order valence-electron chi connectivity index (χ0n) is 17.2. The highest BCUT2D eigenvalue weighted by Gasteiger charge is 2.29. The summed E-state index contributed by atoms with van der Waals surface area (Å²) in [5, 5.41) is 19.8. The number of nitrogens with zero attached hydrogens (tertiary/aromatic N) is 3. The lowest BCUT2D eigenvalue weighted by Gasteiger charge is -2.31. The molecule has 32 heavy (non-hydrogen) atoms. The van der Waals surface area contributed by atoms with Gasteiger partial charge in [0.1, 0.15) is 0 Å². The molecule has 0 saturated carbocycles. The molecule has 1 saturated heterocycles. The SMILES string of the molecule is N#Cc1ccc(-c2cc(C(=O)NN3CCC(CCO)CC3)cnc2OCC(F)(F)F)cc1. The van der Waals surface area contributed by atoms with Crippen molar-refractivity contribution in [3.05, 3.63) is 47.7 Å². The standard InChI is InChI=1S/C22H23F3N4O3/c23-22(24,25)14-32-21-19(17-3-1-16(12-26)2-4-17)11-18(13-27-21)20(31)28-29-8-5-15(6-9-29)7-10-30/h1-4,11,13,15,30H,5-10,14H2,(H,28,31). The Bertz CT molecular complexity index is 966. The number of hydrazine groups is 1. The molecule has 0 bridgehead atoms. The predicted octanol–water partition coefficient (Wildman–Crippen LogP) is 3.30. The third-order valence-electron chi connectivity index (χ3n) is 5.22. The number of aliphatic hydroxyl groups excluding tert-OH is 1. The van der Waals surface area contributed by atoms with Gasteiger partial charge in [0, 0.05) is 31.5 Å². The minimum atomic E-state index is -4.54. The molecule has 2 heterocycles. The van der Waals surface area contributed by atoms with Crippen LogP contribution in [0.25, 0.3) is 11.1 Å². The molecule has 1 amide bonds. The van der Waals surface area contributed by atoms with Gasteiger partial charge in [0.15, 0.2) is 6.61 Å². The number of piperidine rings is 1. The van der Waals surface area contributed by atoms with E-state index in [1.165, 1.54) is 24.4 Å². The second kappa shape index (κ2) is 10.4. The van der Waals surface area contributed by atoms with Gasteiger partial charge < -0.3 is 9.84 Å². The molecule has 0 aliphatic carbocycles. The smallest absolute Gasteiger partial charge is 0.422 e. The molecular formula is C22H23F3N4O3. The van der Waals surface area contributed by atoms with Crippen LogP contribution in [-0.2, 0) is 0 Å². The molecule has 170 valence electrons. The van der Waals surface area contributed by atoms with Gasteiger partial charge in [0.25, 0.3) is 5.91 Å². The van der Waals surface area contributed by atoms with Crippen LogP contribution >= 0.6 is 0 Å². The highest BCUT2D eigenvalue weighted by molar-refractivity contribution is 5.95. The summed E-state index contributed by atoms with van der Waals surface area (Å²) < 4.78 is 42.8. The van der Waals surface area contributed by atoms with E-state index >= 15 is 0 Å². The van der Waals surface area contributed by atoms with E-state index in [9.17, 15) is 18.0 Å². The predicted molar refractivity (Wildman–Crippen MR) is 109 cm³/mol. The number of carbonyl (C=O) groups excluding carboxylic acids is 1. The summed E-state index contributed by atoms with van der Waals surface area (Å²) in [6.45, 7) is -0.0979. The van der Waals surface area contributed by atoms with Gasteiger partial charge in [-0.1, -0.05) is 12.1 Å². The molecule has 2 aromatic rings. The number of pyridine rings is 1. The number of carbonyl (C=O) groups is 1. The van der Waals surface area contributed by atoms with Crippen molar-refractivity contribution in [3.8, 4) is 23.1 Å². The fourth-order valence-electron chi connectivity index (χ4n) is 3.50. The van der Waals surface area contributed by atoms with E-state index in [1.54, 1.807) is 17.1 Å². The number of nitriles is 1. The number of halogens is 3. The molecular weight excluding hydrogens is 425 g/mol.